The van der Waals surface area contributed by atoms with E-state index in [0.29, 0.717) is 17.9 Å². The van der Waals surface area contributed by atoms with Gasteiger partial charge in [-0.2, -0.15) is 0 Å². The van der Waals surface area contributed by atoms with Crippen LogP contribution in [0.2, 0.25) is 0 Å². The standard InChI is InChI=1S/C26H25N5O3/c1-2-33-26(32)19-15-18(16-27-17-19)22-7-8-25(30-29-22)31-13-10-20(11-14-31)34-24-9-12-28-23-6-4-3-5-21(23)24/h3-9,12,15-17,20H,2,10-11,13-14H2,1H3. The summed E-state index contributed by atoms with van der Waals surface area (Å²) in [6, 6.07) is 15.5. The third-order valence-corrected chi connectivity index (χ3v) is 5.86. The molecule has 4 heterocycles. The van der Waals surface area contributed by atoms with Crippen LogP contribution in [-0.4, -0.2) is 51.9 Å². The third-order valence-electron chi connectivity index (χ3n) is 5.86. The van der Waals surface area contributed by atoms with Crippen molar-refractivity contribution < 1.29 is 14.3 Å². The van der Waals surface area contributed by atoms with E-state index in [2.05, 4.69) is 25.1 Å². The minimum atomic E-state index is -0.397. The number of hydrogen-bond donors (Lipinski definition) is 0. The van der Waals surface area contributed by atoms with Gasteiger partial charge in [-0.25, -0.2) is 4.79 Å². The number of carbonyl (C=O) groups is 1. The highest BCUT2D eigenvalue weighted by Gasteiger charge is 2.22. The molecule has 0 aliphatic carbocycles. The zero-order valence-electron chi connectivity index (χ0n) is 18.9. The fourth-order valence-electron chi connectivity index (χ4n) is 4.11. The Morgan fingerprint density at radius 3 is 2.71 bits per heavy atom. The first-order valence-corrected chi connectivity index (χ1v) is 11.4. The summed E-state index contributed by atoms with van der Waals surface area (Å²) in [7, 11) is 0. The van der Waals surface area contributed by atoms with Gasteiger partial charge in [-0.05, 0) is 43.3 Å². The van der Waals surface area contributed by atoms with Crippen LogP contribution in [0.5, 0.6) is 5.75 Å². The van der Waals surface area contributed by atoms with Crippen LogP contribution in [0.1, 0.15) is 30.1 Å². The van der Waals surface area contributed by atoms with Crippen LogP contribution in [0, 0.1) is 0 Å². The van der Waals surface area contributed by atoms with Crippen LogP contribution in [0.25, 0.3) is 22.2 Å². The van der Waals surface area contributed by atoms with Crippen LogP contribution < -0.4 is 9.64 Å². The number of rotatable bonds is 6. The second-order valence-electron chi connectivity index (χ2n) is 8.09. The summed E-state index contributed by atoms with van der Waals surface area (Å²) in [4.78, 5) is 22.7. The normalized spacial score (nSPS) is 14.2. The first kappa shape index (κ1) is 21.8. The van der Waals surface area contributed by atoms with Crippen molar-refractivity contribution in [2.45, 2.75) is 25.9 Å². The molecule has 5 rings (SSSR count). The van der Waals surface area contributed by atoms with Gasteiger partial charge < -0.3 is 14.4 Å². The molecule has 1 fully saturated rings. The summed E-state index contributed by atoms with van der Waals surface area (Å²) in [6.45, 7) is 3.76. The Morgan fingerprint density at radius 2 is 1.91 bits per heavy atom. The lowest BCUT2D eigenvalue weighted by atomic mass is 10.1. The van der Waals surface area contributed by atoms with Gasteiger partial charge in [0.2, 0.25) is 0 Å². The Hall–Kier alpha value is -4.07. The highest BCUT2D eigenvalue weighted by Crippen LogP contribution is 2.28. The number of hydrogen-bond acceptors (Lipinski definition) is 8. The lowest BCUT2D eigenvalue weighted by Gasteiger charge is -2.32. The van der Waals surface area contributed by atoms with E-state index in [0.717, 1.165) is 54.0 Å². The molecular weight excluding hydrogens is 430 g/mol. The number of carbonyl (C=O) groups excluding carboxylic acids is 1. The molecule has 1 aliphatic heterocycles. The molecule has 1 saturated heterocycles. The average Bonchev–Trinajstić information content (AvgIpc) is 2.90. The highest BCUT2D eigenvalue weighted by atomic mass is 16.5. The number of aromatic nitrogens is 4. The molecule has 4 aromatic rings. The molecule has 8 nitrogen and oxygen atoms in total. The van der Waals surface area contributed by atoms with Crippen LogP contribution in [0.15, 0.2) is 67.1 Å². The lowest BCUT2D eigenvalue weighted by molar-refractivity contribution is 0.0526. The molecule has 1 aromatic carbocycles. The van der Waals surface area contributed by atoms with Crippen molar-refractivity contribution in [3.05, 3.63) is 72.7 Å². The fraction of sp³-hybridized carbons (Fsp3) is 0.269. The molecule has 8 heteroatoms. The maximum atomic E-state index is 12.0. The van der Waals surface area contributed by atoms with E-state index in [9.17, 15) is 4.79 Å². The van der Waals surface area contributed by atoms with E-state index in [1.54, 1.807) is 25.4 Å². The third kappa shape index (κ3) is 4.66. The average molecular weight is 456 g/mol. The Balaban J connectivity index is 1.22. The second-order valence-corrected chi connectivity index (χ2v) is 8.09. The molecule has 0 N–H and O–H groups in total. The first-order valence-electron chi connectivity index (χ1n) is 11.4. The van der Waals surface area contributed by atoms with Crippen molar-refractivity contribution in [2.75, 3.05) is 24.6 Å². The van der Waals surface area contributed by atoms with Crippen LogP contribution in [0.4, 0.5) is 5.82 Å². The van der Waals surface area contributed by atoms with Crippen molar-refractivity contribution in [1.29, 1.82) is 0 Å². The van der Waals surface area contributed by atoms with E-state index in [1.165, 1.54) is 6.20 Å². The van der Waals surface area contributed by atoms with Crippen molar-refractivity contribution in [3.8, 4) is 17.0 Å². The highest BCUT2D eigenvalue weighted by molar-refractivity contribution is 5.90. The van der Waals surface area contributed by atoms with Crippen molar-refractivity contribution in [3.63, 3.8) is 0 Å². The predicted molar refractivity (Wildman–Crippen MR) is 129 cm³/mol. The Kier molecular flexibility index (Phi) is 6.29. The zero-order chi connectivity index (χ0) is 23.3. The molecular formula is C26H25N5O3. The Labute approximate surface area is 197 Å². The van der Waals surface area contributed by atoms with E-state index in [4.69, 9.17) is 9.47 Å². The number of fused-ring (bicyclic) bond motifs is 1. The second kappa shape index (κ2) is 9.82. The summed E-state index contributed by atoms with van der Waals surface area (Å²) in [5.41, 5.74) is 2.72. The summed E-state index contributed by atoms with van der Waals surface area (Å²) in [5, 5.41) is 9.83. The van der Waals surface area contributed by atoms with E-state index in [-0.39, 0.29) is 6.10 Å². The molecule has 172 valence electrons. The summed E-state index contributed by atoms with van der Waals surface area (Å²) in [6.07, 6.45) is 6.88. The van der Waals surface area contributed by atoms with E-state index in [1.807, 2.05) is 42.5 Å². The largest absolute Gasteiger partial charge is 0.490 e. The van der Waals surface area contributed by atoms with Gasteiger partial charge in [0.25, 0.3) is 0 Å². The fourth-order valence-corrected chi connectivity index (χ4v) is 4.11. The Morgan fingerprint density at radius 1 is 1.06 bits per heavy atom. The molecule has 0 bridgehead atoms. The van der Waals surface area contributed by atoms with Gasteiger partial charge in [-0.3, -0.25) is 9.97 Å². The number of pyridine rings is 2. The van der Waals surface area contributed by atoms with Gasteiger partial charge >= 0.3 is 5.97 Å². The smallest absolute Gasteiger partial charge is 0.339 e. The molecule has 0 atom stereocenters. The minimum absolute atomic E-state index is 0.144. The van der Waals surface area contributed by atoms with E-state index >= 15 is 0 Å². The van der Waals surface area contributed by atoms with Crippen molar-refractivity contribution in [1.82, 2.24) is 20.2 Å². The van der Waals surface area contributed by atoms with Crippen LogP contribution in [-0.2, 0) is 4.74 Å². The number of ether oxygens (including phenoxy) is 2. The predicted octanol–water partition coefficient (Wildman–Crippen LogP) is 4.31. The van der Waals surface area contributed by atoms with Crippen LogP contribution >= 0.6 is 0 Å². The number of esters is 1. The summed E-state index contributed by atoms with van der Waals surface area (Å²) in [5.74, 6) is 1.31. The SMILES string of the molecule is CCOC(=O)c1cncc(-c2ccc(N3CCC(Oc4ccnc5ccccc45)CC3)nn2)c1. The van der Waals surface area contributed by atoms with E-state index < -0.39 is 5.97 Å². The van der Waals surface area contributed by atoms with Gasteiger partial charge in [0, 0.05) is 55.5 Å². The van der Waals surface area contributed by atoms with Gasteiger partial charge in [0.1, 0.15) is 11.9 Å². The number of nitrogens with zero attached hydrogens (tertiary/aromatic N) is 5. The molecule has 0 amide bonds. The number of benzene rings is 1. The summed E-state index contributed by atoms with van der Waals surface area (Å²) >= 11 is 0. The van der Waals surface area contributed by atoms with Crippen molar-refractivity contribution in [2.24, 2.45) is 0 Å². The van der Waals surface area contributed by atoms with Crippen molar-refractivity contribution >= 4 is 22.7 Å². The summed E-state index contributed by atoms with van der Waals surface area (Å²) < 4.78 is 11.4. The Bertz CT molecular complexity index is 1280. The van der Waals surface area contributed by atoms with Gasteiger partial charge in [0.15, 0.2) is 5.82 Å². The number of para-hydroxylation sites is 1. The van der Waals surface area contributed by atoms with Gasteiger partial charge in [-0.15, -0.1) is 10.2 Å². The minimum Gasteiger partial charge on any atom is -0.490 e. The maximum absolute atomic E-state index is 12.0. The number of anilines is 1. The molecule has 0 spiro atoms. The molecule has 0 saturated carbocycles. The monoisotopic (exact) mass is 455 g/mol. The molecule has 34 heavy (non-hydrogen) atoms. The molecule has 0 unspecified atom stereocenters. The van der Waals surface area contributed by atoms with Gasteiger partial charge in [0.05, 0.1) is 23.4 Å². The molecule has 3 aromatic heterocycles. The first-order chi connectivity index (χ1) is 16.7. The topological polar surface area (TPSA) is 90.3 Å². The molecule has 1 aliphatic rings. The zero-order valence-corrected chi connectivity index (χ0v) is 18.9. The quantitative estimate of drug-likeness (QED) is 0.397. The van der Waals surface area contributed by atoms with Gasteiger partial charge in [-0.1, -0.05) is 12.1 Å². The maximum Gasteiger partial charge on any atom is 0.339 e. The lowest BCUT2D eigenvalue weighted by Crippen LogP contribution is -2.38. The molecule has 0 radical (unpaired) electrons. The number of piperidine rings is 1. The van der Waals surface area contributed by atoms with Crippen LogP contribution in [0.3, 0.4) is 0 Å².